The lowest BCUT2D eigenvalue weighted by Crippen LogP contribution is -2.11. The van der Waals surface area contributed by atoms with E-state index in [2.05, 4.69) is 25.8 Å². The van der Waals surface area contributed by atoms with E-state index in [1.165, 1.54) is 0 Å². The van der Waals surface area contributed by atoms with Gasteiger partial charge in [0.1, 0.15) is 6.61 Å². The maximum absolute atomic E-state index is 13.9. The van der Waals surface area contributed by atoms with Gasteiger partial charge in [-0.05, 0) is 40.8 Å². The molecule has 0 bridgehead atoms. The monoisotopic (exact) mass is 319 g/mol. The Labute approximate surface area is 140 Å². The molecule has 0 aliphatic rings. The molecule has 0 radical (unpaired) electrons. The lowest BCUT2D eigenvalue weighted by molar-refractivity contribution is 0.289. The average Bonchev–Trinajstić information content (AvgIpc) is 2.57. The van der Waals surface area contributed by atoms with Gasteiger partial charge in [-0.1, -0.05) is 54.5 Å². The van der Waals surface area contributed by atoms with E-state index in [0.29, 0.717) is 6.61 Å². The molecule has 0 aliphatic carbocycles. The minimum Gasteiger partial charge on any atom is -0.486 e. The molecule has 128 valence electrons. The Bertz CT molecular complexity index is 547. The van der Waals surface area contributed by atoms with E-state index < -0.39 is 0 Å². The Morgan fingerprint density at radius 2 is 1.52 bits per heavy atom. The summed E-state index contributed by atoms with van der Waals surface area (Å²) in [6.07, 6.45) is 3.38. The van der Waals surface area contributed by atoms with E-state index in [-0.39, 0.29) is 17.0 Å². The first-order valence-electron chi connectivity index (χ1n) is 8.28. The molecule has 0 fully saturated rings. The normalized spacial score (nSPS) is 9.91. The van der Waals surface area contributed by atoms with Crippen LogP contribution in [0.25, 0.3) is 0 Å². The number of aromatic nitrogens is 1. The van der Waals surface area contributed by atoms with E-state index in [9.17, 15) is 4.39 Å². The Hall–Kier alpha value is -1.90. The molecule has 2 aromatic rings. The molecule has 2 rings (SSSR count). The van der Waals surface area contributed by atoms with Gasteiger partial charge in [-0.15, -0.1) is 0 Å². The minimum absolute atomic E-state index is 0.0650. The first kappa shape index (κ1) is 21.1. The SMILES string of the molecule is CC.CC.CC(C)(C)c1ccc(OCc2ccncc2)c(F)c1. The van der Waals surface area contributed by atoms with Crippen molar-refractivity contribution in [1.29, 1.82) is 0 Å². The molecule has 1 heterocycles. The maximum Gasteiger partial charge on any atom is 0.165 e. The highest BCUT2D eigenvalue weighted by molar-refractivity contribution is 5.33. The summed E-state index contributed by atoms with van der Waals surface area (Å²) in [6.45, 7) is 14.5. The van der Waals surface area contributed by atoms with Crippen LogP contribution in [-0.4, -0.2) is 4.98 Å². The Kier molecular flexibility index (Phi) is 9.87. The van der Waals surface area contributed by atoms with Crippen molar-refractivity contribution in [2.24, 2.45) is 0 Å². The molecule has 0 unspecified atom stereocenters. The molecule has 0 saturated carbocycles. The van der Waals surface area contributed by atoms with Crippen LogP contribution >= 0.6 is 0 Å². The third kappa shape index (κ3) is 7.27. The van der Waals surface area contributed by atoms with Crippen molar-refractivity contribution in [3.8, 4) is 5.75 Å². The maximum atomic E-state index is 13.9. The van der Waals surface area contributed by atoms with E-state index in [1.54, 1.807) is 24.5 Å². The molecule has 0 amide bonds. The molecule has 2 nitrogen and oxygen atoms in total. The van der Waals surface area contributed by atoms with E-state index in [0.717, 1.165) is 11.1 Å². The van der Waals surface area contributed by atoms with Crippen LogP contribution in [0.3, 0.4) is 0 Å². The quantitative estimate of drug-likeness (QED) is 0.677. The summed E-state index contributed by atoms with van der Waals surface area (Å²) in [5.74, 6) is -0.0358. The zero-order chi connectivity index (χ0) is 17.9. The van der Waals surface area contributed by atoms with E-state index in [1.807, 2.05) is 45.9 Å². The van der Waals surface area contributed by atoms with Gasteiger partial charge in [0.25, 0.3) is 0 Å². The van der Waals surface area contributed by atoms with Gasteiger partial charge in [0.15, 0.2) is 11.6 Å². The highest BCUT2D eigenvalue weighted by Crippen LogP contribution is 2.27. The molecule has 0 aliphatic heterocycles. The molecule has 1 aromatic carbocycles. The Morgan fingerprint density at radius 3 is 2.00 bits per heavy atom. The van der Waals surface area contributed by atoms with Gasteiger partial charge >= 0.3 is 0 Å². The number of halogens is 1. The fraction of sp³-hybridized carbons (Fsp3) is 0.450. The molecule has 1 aromatic heterocycles. The van der Waals surface area contributed by atoms with Crippen LogP contribution in [0.1, 0.15) is 59.6 Å². The summed E-state index contributed by atoms with van der Waals surface area (Å²) in [6, 6.07) is 8.84. The lowest BCUT2D eigenvalue weighted by atomic mass is 9.87. The third-order valence-electron chi connectivity index (χ3n) is 2.94. The van der Waals surface area contributed by atoms with Crippen molar-refractivity contribution in [2.45, 2.75) is 60.5 Å². The van der Waals surface area contributed by atoms with Crippen molar-refractivity contribution in [2.75, 3.05) is 0 Å². The number of benzene rings is 1. The average molecular weight is 319 g/mol. The Balaban J connectivity index is 0.00000112. The highest BCUT2D eigenvalue weighted by atomic mass is 19.1. The van der Waals surface area contributed by atoms with Gasteiger partial charge in [-0.25, -0.2) is 4.39 Å². The second-order valence-corrected chi connectivity index (χ2v) is 5.54. The third-order valence-corrected chi connectivity index (χ3v) is 2.94. The van der Waals surface area contributed by atoms with Gasteiger partial charge in [0.05, 0.1) is 0 Å². The first-order chi connectivity index (χ1) is 11.0. The summed E-state index contributed by atoms with van der Waals surface area (Å²) in [4.78, 5) is 3.93. The van der Waals surface area contributed by atoms with Gasteiger partial charge in [-0.3, -0.25) is 4.98 Å². The van der Waals surface area contributed by atoms with Crippen molar-refractivity contribution in [1.82, 2.24) is 4.98 Å². The fourth-order valence-electron chi connectivity index (χ4n) is 1.72. The van der Waals surface area contributed by atoms with Crippen LogP contribution < -0.4 is 4.74 Å². The zero-order valence-electron chi connectivity index (χ0n) is 15.5. The number of nitrogens with zero attached hydrogens (tertiary/aromatic N) is 1. The van der Waals surface area contributed by atoms with Crippen molar-refractivity contribution < 1.29 is 9.13 Å². The van der Waals surface area contributed by atoms with Gasteiger partial charge in [0, 0.05) is 12.4 Å². The summed E-state index contributed by atoms with van der Waals surface area (Å²) in [5.41, 5.74) is 1.86. The van der Waals surface area contributed by atoms with Gasteiger partial charge in [0.2, 0.25) is 0 Å². The molecular formula is C20H30FNO. The van der Waals surface area contributed by atoms with Crippen molar-refractivity contribution in [3.05, 3.63) is 59.7 Å². The Morgan fingerprint density at radius 1 is 0.957 bits per heavy atom. The largest absolute Gasteiger partial charge is 0.486 e. The van der Waals surface area contributed by atoms with E-state index in [4.69, 9.17) is 4.74 Å². The van der Waals surface area contributed by atoms with Crippen LogP contribution in [0.15, 0.2) is 42.7 Å². The smallest absolute Gasteiger partial charge is 0.165 e. The summed E-state index contributed by atoms with van der Waals surface area (Å²) in [7, 11) is 0. The molecule has 0 spiro atoms. The predicted molar refractivity (Wildman–Crippen MR) is 96.4 cm³/mol. The second kappa shape index (κ2) is 10.8. The minimum atomic E-state index is -0.318. The molecule has 0 atom stereocenters. The summed E-state index contributed by atoms with van der Waals surface area (Å²) in [5, 5.41) is 0. The van der Waals surface area contributed by atoms with Gasteiger partial charge < -0.3 is 4.74 Å². The molecule has 23 heavy (non-hydrogen) atoms. The van der Waals surface area contributed by atoms with Crippen molar-refractivity contribution >= 4 is 0 Å². The number of ether oxygens (including phenoxy) is 1. The fourth-order valence-corrected chi connectivity index (χ4v) is 1.72. The van der Waals surface area contributed by atoms with Crippen LogP contribution in [-0.2, 0) is 12.0 Å². The standard InChI is InChI=1S/C16H18FNO.2C2H6/c1-16(2,3)13-4-5-15(14(17)10-13)19-11-12-6-8-18-9-7-12;2*1-2/h4-10H,11H2,1-3H3;2*1-2H3. The lowest BCUT2D eigenvalue weighted by Gasteiger charge is -2.19. The van der Waals surface area contributed by atoms with Crippen LogP contribution in [0.5, 0.6) is 5.75 Å². The predicted octanol–water partition coefficient (Wildman–Crippen LogP) is 6.15. The molecule has 0 N–H and O–H groups in total. The molecular weight excluding hydrogens is 289 g/mol. The van der Waals surface area contributed by atoms with Crippen LogP contribution in [0.4, 0.5) is 4.39 Å². The van der Waals surface area contributed by atoms with Crippen LogP contribution in [0.2, 0.25) is 0 Å². The molecule has 0 saturated heterocycles. The summed E-state index contributed by atoms with van der Waals surface area (Å²) < 4.78 is 19.4. The van der Waals surface area contributed by atoms with Crippen molar-refractivity contribution in [3.63, 3.8) is 0 Å². The second-order valence-electron chi connectivity index (χ2n) is 5.54. The first-order valence-corrected chi connectivity index (χ1v) is 8.28. The topological polar surface area (TPSA) is 22.1 Å². The number of rotatable bonds is 3. The highest BCUT2D eigenvalue weighted by Gasteiger charge is 2.16. The van der Waals surface area contributed by atoms with Crippen LogP contribution in [0, 0.1) is 5.82 Å². The summed E-state index contributed by atoms with van der Waals surface area (Å²) >= 11 is 0. The van der Waals surface area contributed by atoms with E-state index >= 15 is 0 Å². The van der Waals surface area contributed by atoms with Gasteiger partial charge in [-0.2, -0.15) is 0 Å². The number of pyridine rings is 1. The number of hydrogen-bond acceptors (Lipinski definition) is 2. The molecule has 3 heteroatoms. The number of hydrogen-bond donors (Lipinski definition) is 0. The zero-order valence-corrected chi connectivity index (χ0v) is 15.5.